The van der Waals surface area contributed by atoms with E-state index < -0.39 is 0 Å². The van der Waals surface area contributed by atoms with Gasteiger partial charge in [0, 0.05) is 0 Å². The van der Waals surface area contributed by atoms with Gasteiger partial charge < -0.3 is 0 Å². The molecule has 1 aromatic carbocycles. The van der Waals surface area contributed by atoms with E-state index in [1.54, 1.807) is 25.2 Å². The van der Waals surface area contributed by atoms with Gasteiger partial charge in [0.15, 0.2) is 6.19 Å². The number of amidine groups is 1. The molecule has 0 radical (unpaired) electrons. The molecule has 0 bridgehead atoms. The van der Waals surface area contributed by atoms with Crippen molar-refractivity contribution < 1.29 is 4.39 Å². The average Bonchev–Trinajstić information content (AvgIpc) is 2.17. The van der Waals surface area contributed by atoms with Crippen LogP contribution in [0.1, 0.15) is 12.5 Å². The van der Waals surface area contributed by atoms with Crippen LogP contribution in [0.2, 0.25) is 0 Å². The Bertz CT molecular complexity index is 362. The molecule has 4 heteroatoms. The van der Waals surface area contributed by atoms with Gasteiger partial charge in [0.05, 0.1) is 6.54 Å². The predicted octanol–water partition coefficient (Wildman–Crippen LogP) is 1.81. The first-order chi connectivity index (χ1) is 6.72. The molecule has 0 aromatic heterocycles. The van der Waals surface area contributed by atoms with E-state index in [-0.39, 0.29) is 5.82 Å². The van der Waals surface area contributed by atoms with Crippen molar-refractivity contribution in [2.75, 3.05) is 0 Å². The van der Waals surface area contributed by atoms with Crippen LogP contribution < -0.4 is 5.32 Å². The van der Waals surface area contributed by atoms with Gasteiger partial charge in [0.2, 0.25) is 0 Å². The topological polar surface area (TPSA) is 48.2 Å². The molecule has 1 rings (SSSR count). The number of nitriles is 1. The average molecular weight is 191 g/mol. The van der Waals surface area contributed by atoms with Crippen LogP contribution in [0, 0.1) is 17.3 Å². The highest BCUT2D eigenvalue weighted by molar-refractivity contribution is 5.80. The zero-order valence-electron chi connectivity index (χ0n) is 7.79. The largest absolute Gasteiger partial charge is 0.281 e. The van der Waals surface area contributed by atoms with Crippen molar-refractivity contribution in [2.45, 2.75) is 13.5 Å². The van der Waals surface area contributed by atoms with Crippen LogP contribution in [0.25, 0.3) is 0 Å². The normalized spacial score (nSPS) is 10.8. The first-order valence-corrected chi connectivity index (χ1v) is 4.13. The smallest absolute Gasteiger partial charge is 0.182 e. The summed E-state index contributed by atoms with van der Waals surface area (Å²) in [5.41, 5.74) is 0.908. The van der Waals surface area contributed by atoms with Crippen LogP contribution in [0.3, 0.4) is 0 Å². The van der Waals surface area contributed by atoms with E-state index in [0.29, 0.717) is 12.4 Å². The molecule has 0 aliphatic carbocycles. The number of nitrogens with one attached hydrogen (secondary N) is 1. The lowest BCUT2D eigenvalue weighted by molar-refractivity contribution is 0.627. The van der Waals surface area contributed by atoms with Crippen LogP contribution in [-0.2, 0) is 6.54 Å². The van der Waals surface area contributed by atoms with Crippen molar-refractivity contribution in [2.24, 2.45) is 4.99 Å². The van der Waals surface area contributed by atoms with Gasteiger partial charge in [-0.1, -0.05) is 12.1 Å². The van der Waals surface area contributed by atoms with Crippen molar-refractivity contribution in [3.63, 3.8) is 0 Å². The number of aliphatic imine (C=N–C) groups is 1. The summed E-state index contributed by atoms with van der Waals surface area (Å²) < 4.78 is 12.5. The first-order valence-electron chi connectivity index (χ1n) is 4.13. The highest BCUT2D eigenvalue weighted by atomic mass is 19.1. The first kappa shape index (κ1) is 10.2. The molecule has 0 spiro atoms. The number of hydrogen-bond acceptors (Lipinski definition) is 2. The second-order valence-corrected chi connectivity index (χ2v) is 2.76. The molecule has 0 saturated carbocycles. The molecule has 0 saturated heterocycles. The fraction of sp³-hybridized carbons (Fsp3) is 0.200. The zero-order chi connectivity index (χ0) is 10.4. The fourth-order valence-electron chi connectivity index (χ4n) is 0.920. The lowest BCUT2D eigenvalue weighted by atomic mass is 10.2. The summed E-state index contributed by atoms with van der Waals surface area (Å²) in [6, 6.07) is 6.10. The van der Waals surface area contributed by atoms with Crippen LogP contribution in [-0.4, -0.2) is 5.84 Å². The SMILES string of the molecule is CC(=NCc1ccc(F)cc1)NC#N. The predicted molar refractivity (Wildman–Crippen MR) is 52.0 cm³/mol. The second-order valence-electron chi connectivity index (χ2n) is 2.76. The summed E-state index contributed by atoms with van der Waals surface area (Å²) >= 11 is 0. The monoisotopic (exact) mass is 191 g/mol. The Labute approximate surface area is 81.9 Å². The molecular formula is C10H10FN3. The minimum atomic E-state index is -0.260. The molecular weight excluding hydrogens is 181 g/mol. The van der Waals surface area contributed by atoms with Gasteiger partial charge in [-0.05, 0) is 24.6 Å². The van der Waals surface area contributed by atoms with Crippen molar-refractivity contribution in [1.29, 1.82) is 5.26 Å². The van der Waals surface area contributed by atoms with Crippen molar-refractivity contribution in [1.82, 2.24) is 5.32 Å². The Hall–Kier alpha value is -1.89. The quantitative estimate of drug-likeness (QED) is 0.335. The summed E-state index contributed by atoms with van der Waals surface area (Å²) in [7, 11) is 0. The van der Waals surface area contributed by atoms with E-state index >= 15 is 0 Å². The third-order valence-corrected chi connectivity index (χ3v) is 1.65. The Morgan fingerprint density at radius 2 is 2.14 bits per heavy atom. The highest BCUT2D eigenvalue weighted by Crippen LogP contribution is 2.03. The molecule has 0 amide bonds. The second kappa shape index (κ2) is 4.97. The Morgan fingerprint density at radius 3 is 2.71 bits per heavy atom. The molecule has 0 atom stereocenters. The molecule has 3 nitrogen and oxygen atoms in total. The minimum absolute atomic E-state index is 0.260. The van der Waals surface area contributed by atoms with Gasteiger partial charge in [0.25, 0.3) is 0 Å². The van der Waals surface area contributed by atoms with E-state index in [0.717, 1.165) is 5.56 Å². The third-order valence-electron chi connectivity index (χ3n) is 1.65. The van der Waals surface area contributed by atoms with Crippen molar-refractivity contribution in [3.05, 3.63) is 35.6 Å². The van der Waals surface area contributed by atoms with E-state index in [1.165, 1.54) is 12.1 Å². The lowest BCUT2D eigenvalue weighted by Crippen LogP contribution is -2.13. The lowest BCUT2D eigenvalue weighted by Gasteiger charge is -1.98. The standard InChI is InChI=1S/C10H10FN3/c1-8(14-7-12)13-6-9-2-4-10(11)5-3-9/h2-5H,6H2,1H3,(H,13,14). The van der Waals surface area contributed by atoms with Gasteiger partial charge in [-0.3, -0.25) is 10.3 Å². The molecule has 0 fully saturated rings. The molecule has 1 N–H and O–H groups in total. The molecule has 0 aliphatic rings. The van der Waals surface area contributed by atoms with Crippen LogP contribution in [0.15, 0.2) is 29.3 Å². The van der Waals surface area contributed by atoms with Crippen LogP contribution in [0.5, 0.6) is 0 Å². The van der Waals surface area contributed by atoms with Gasteiger partial charge in [-0.15, -0.1) is 0 Å². The Kier molecular flexibility index (Phi) is 3.62. The van der Waals surface area contributed by atoms with E-state index in [4.69, 9.17) is 5.26 Å². The number of hydrogen-bond donors (Lipinski definition) is 1. The van der Waals surface area contributed by atoms with Gasteiger partial charge in [-0.2, -0.15) is 5.26 Å². The number of nitrogens with zero attached hydrogens (tertiary/aromatic N) is 2. The third kappa shape index (κ3) is 3.23. The zero-order valence-corrected chi connectivity index (χ0v) is 7.79. The van der Waals surface area contributed by atoms with Crippen LogP contribution >= 0.6 is 0 Å². The summed E-state index contributed by atoms with van der Waals surface area (Å²) in [5, 5.41) is 10.7. The fourth-order valence-corrected chi connectivity index (χ4v) is 0.920. The Balaban J connectivity index is 2.58. The van der Waals surface area contributed by atoms with E-state index in [2.05, 4.69) is 10.3 Å². The number of benzene rings is 1. The van der Waals surface area contributed by atoms with E-state index in [1.807, 2.05) is 0 Å². The van der Waals surface area contributed by atoms with Gasteiger partial charge in [-0.25, -0.2) is 4.39 Å². The molecule has 14 heavy (non-hydrogen) atoms. The van der Waals surface area contributed by atoms with Crippen LogP contribution in [0.4, 0.5) is 4.39 Å². The minimum Gasteiger partial charge on any atom is -0.281 e. The molecule has 0 aliphatic heterocycles. The maximum absolute atomic E-state index is 12.5. The van der Waals surface area contributed by atoms with Gasteiger partial charge >= 0.3 is 0 Å². The molecule has 0 unspecified atom stereocenters. The molecule has 72 valence electrons. The Morgan fingerprint density at radius 1 is 1.50 bits per heavy atom. The number of rotatable bonds is 2. The summed E-state index contributed by atoms with van der Waals surface area (Å²) in [4.78, 5) is 4.07. The van der Waals surface area contributed by atoms with Crippen molar-refractivity contribution in [3.8, 4) is 6.19 Å². The molecule has 1 aromatic rings. The maximum atomic E-state index is 12.5. The number of halogens is 1. The van der Waals surface area contributed by atoms with Crippen molar-refractivity contribution >= 4 is 5.84 Å². The maximum Gasteiger partial charge on any atom is 0.182 e. The summed E-state index contributed by atoms with van der Waals surface area (Å²) in [6.45, 7) is 2.15. The molecule has 0 heterocycles. The summed E-state index contributed by atoms with van der Waals surface area (Å²) in [5.74, 6) is 0.293. The summed E-state index contributed by atoms with van der Waals surface area (Å²) in [6.07, 6.45) is 1.77. The van der Waals surface area contributed by atoms with E-state index in [9.17, 15) is 4.39 Å². The van der Waals surface area contributed by atoms with Gasteiger partial charge in [0.1, 0.15) is 11.7 Å². The highest BCUT2D eigenvalue weighted by Gasteiger charge is 1.92.